The summed E-state index contributed by atoms with van der Waals surface area (Å²) in [6.45, 7) is 3.90. The molecule has 0 spiro atoms. The molecular formula is C9H8BrN7. The Labute approximate surface area is 105 Å². The zero-order chi connectivity index (χ0) is 12.0. The minimum absolute atomic E-state index is 0.589. The number of nitrogens with zero attached hydrogens (tertiary/aromatic N) is 7. The van der Waals surface area contributed by atoms with Crippen molar-refractivity contribution in [2.75, 3.05) is 0 Å². The van der Waals surface area contributed by atoms with E-state index in [0.29, 0.717) is 11.5 Å². The second-order valence-electron chi connectivity index (χ2n) is 3.61. The first kappa shape index (κ1) is 10.3. The van der Waals surface area contributed by atoms with Crippen LogP contribution in [0.25, 0.3) is 11.5 Å². The van der Waals surface area contributed by atoms with Crippen LogP contribution in [0.1, 0.15) is 11.4 Å². The maximum absolute atomic E-state index is 4.42. The van der Waals surface area contributed by atoms with Crippen molar-refractivity contribution in [1.82, 2.24) is 34.8 Å². The van der Waals surface area contributed by atoms with Crippen LogP contribution >= 0.6 is 15.9 Å². The van der Waals surface area contributed by atoms with Gasteiger partial charge < -0.3 is 0 Å². The molecular weight excluding hydrogens is 286 g/mol. The number of fused-ring (bicyclic) bond motifs is 1. The third-order valence-electron chi connectivity index (χ3n) is 2.51. The van der Waals surface area contributed by atoms with Crippen LogP contribution in [0.2, 0.25) is 0 Å². The molecule has 7 nitrogen and oxygen atoms in total. The van der Waals surface area contributed by atoms with Gasteiger partial charge in [0.05, 0.1) is 28.3 Å². The molecule has 0 N–H and O–H groups in total. The fourth-order valence-electron chi connectivity index (χ4n) is 1.65. The number of aromatic nitrogens is 7. The highest BCUT2D eigenvalue weighted by Crippen LogP contribution is 2.22. The van der Waals surface area contributed by atoms with Crippen molar-refractivity contribution in [1.29, 1.82) is 0 Å². The summed E-state index contributed by atoms with van der Waals surface area (Å²) in [4.78, 5) is 4.10. The SMILES string of the molecule is Cc1nn(-c2cncc3nnnn23)c(C)c1Br. The molecule has 0 aliphatic rings. The topological polar surface area (TPSA) is 73.8 Å². The summed E-state index contributed by atoms with van der Waals surface area (Å²) in [5.41, 5.74) is 2.48. The molecule has 3 rings (SSSR count). The van der Waals surface area contributed by atoms with Crippen molar-refractivity contribution in [3.8, 4) is 5.82 Å². The maximum atomic E-state index is 4.42. The monoisotopic (exact) mass is 293 g/mol. The summed E-state index contributed by atoms with van der Waals surface area (Å²) < 4.78 is 4.33. The molecule has 0 unspecified atom stereocenters. The molecule has 86 valence electrons. The van der Waals surface area contributed by atoms with Gasteiger partial charge in [-0.1, -0.05) is 0 Å². The lowest BCUT2D eigenvalue weighted by Crippen LogP contribution is -2.07. The first-order valence-corrected chi connectivity index (χ1v) is 5.72. The number of hydrogen-bond acceptors (Lipinski definition) is 5. The molecule has 0 bridgehead atoms. The van der Waals surface area contributed by atoms with Crippen LogP contribution < -0.4 is 0 Å². The molecule has 3 aromatic rings. The van der Waals surface area contributed by atoms with Gasteiger partial charge in [-0.3, -0.25) is 4.98 Å². The van der Waals surface area contributed by atoms with Crippen molar-refractivity contribution in [2.45, 2.75) is 13.8 Å². The summed E-state index contributed by atoms with van der Waals surface area (Å²) in [7, 11) is 0. The van der Waals surface area contributed by atoms with Crippen LogP contribution in [0.3, 0.4) is 0 Å². The molecule has 8 heteroatoms. The number of halogens is 1. The molecule has 3 heterocycles. The predicted octanol–water partition coefficient (Wildman–Crippen LogP) is 1.08. The summed E-state index contributed by atoms with van der Waals surface area (Å²) in [5, 5.41) is 15.8. The van der Waals surface area contributed by atoms with Crippen molar-refractivity contribution in [3.63, 3.8) is 0 Å². The molecule has 0 saturated carbocycles. The molecule has 0 atom stereocenters. The number of hydrogen-bond donors (Lipinski definition) is 0. The van der Waals surface area contributed by atoms with E-state index in [4.69, 9.17) is 0 Å². The van der Waals surface area contributed by atoms with Crippen molar-refractivity contribution < 1.29 is 0 Å². The Morgan fingerprint density at radius 1 is 1.24 bits per heavy atom. The Morgan fingerprint density at radius 3 is 2.76 bits per heavy atom. The lowest BCUT2D eigenvalue weighted by molar-refractivity contribution is 0.728. The third-order valence-corrected chi connectivity index (χ3v) is 3.66. The van der Waals surface area contributed by atoms with Gasteiger partial charge in [0.25, 0.3) is 0 Å². The van der Waals surface area contributed by atoms with Gasteiger partial charge in [0.1, 0.15) is 0 Å². The predicted molar refractivity (Wildman–Crippen MR) is 62.9 cm³/mol. The van der Waals surface area contributed by atoms with Crippen LogP contribution in [0.4, 0.5) is 0 Å². The Balaban J connectivity index is 2.34. The summed E-state index contributed by atoms with van der Waals surface area (Å²) >= 11 is 3.49. The Hall–Kier alpha value is -1.83. The van der Waals surface area contributed by atoms with Crippen LogP contribution in [0.5, 0.6) is 0 Å². The third kappa shape index (κ3) is 1.44. The zero-order valence-electron chi connectivity index (χ0n) is 9.16. The van der Waals surface area contributed by atoms with E-state index in [1.165, 1.54) is 0 Å². The van der Waals surface area contributed by atoms with Crippen LogP contribution in [0.15, 0.2) is 16.9 Å². The van der Waals surface area contributed by atoms with E-state index in [-0.39, 0.29) is 0 Å². The molecule has 3 aromatic heterocycles. The van der Waals surface area contributed by atoms with Gasteiger partial charge in [0.2, 0.25) is 0 Å². The van der Waals surface area contributed by atoms with Crippen LogP contribution in [-0.4, -0.2) is 34.8 Å². The fourth-order valence-corrected chi connectivity index (χ4v) is 1.90. The summed E-state index contributed by atoms with van der Waals surface area (Å²) in [6.07, 6.45) is 3.28. The molecule has 0 aliphatic heterocycles. The highest BCUT2D eigenvalue weighted by atomic mass is 79.9. The first-order chi connectivity index (χ1) is 8.18. The Morgan fingerprint density at radius 2 is 2.06 bits per heavy atom. The fraction of sp³-hybridized carbons (Fsp3) is 0.222. The quantitative estimate of drug-likeness (QED) is 0.671. The zero-order valence-corrected chi connectivity index (χ0v) is 10.7. The van der Waals surface area contributed by atoms with E-state index >= 15 is 0 Å². The highest BCUT2D eigenvalue weighted by molar-refractivity contribution is 9.10. The lowest BCUT2D eigenvalue weighted by atomic mass is 10.4. The van der Waals surface area contributed by atoms with Crippen LogP contribution in [0, 0.1) is 13.8 Å². The van der Waals surface area contributed by atoms with Gasteiger partial charge in [-0.05, 0) is 40.2 Å². The summed E-state index contributed by atoms with van der Waals surface area (Å²) in [5.74, 6) is 0.707. The average Bonchev–Trinajstić information content (AvgIpc) is 2.89. The van der Waals surface area contributed by atoms with E-state index in [0.717, 1.165) is 15.9 Å². The number of rotatable bonds is 1. The van der Waals surface area contributed by atoms with Gasteiger partial charge >= 0.3 is 0 Å². The molecule has 0 amide bonds. The van der Waals surface area contributed by atoms with Gasteiger partial charge in [-0.15, -0.1) is 5.10 Å². The van der Waals surface area contributed by atoms with Crippen molar-refractivity contribution >= 4 is 21.6 Å². The van der Waals surface area contributed by atoms with E-state index < -0.39 is 0 Å². The van der Waals surface area contributed by atoms with E-state index in [2.05, 4.69) is 41.5 Å². The van der Waals surface area contributed by atoms with Gasteiger partial charge in [0.15, 0.2) is 11.5 Å². The molecule has 0 aliphatic carbocycles. The molecule has 0 aromatic carbocycles. The second-order valence-corrected chi connectivity index (χ2v) is 4.40. The number of tetrazole rings is 1. The number of aryl methyl sites for hydroxylation is 1. The maximum Gasteiger partial charge on any atom is 0.199 e. The van der Waals surface area contributed by atoms with Gasteiger partial charge in [0, 0.05) is 0 Å². The smallest absolute Gasteiger partial charge is 0.199 e. The van der Waals surface area contributed by atoms with Crippen LogP contribution in [-0.2, 0) is 0 Å². The molecule has 17 heavy (non-hydrogen) atoms. The molecule has 0 radical (unpaired) electrons. The highest BCUT2D eigenvalue weighted by Gasteiger charge is 2.13. The minimum Gasteiger partial charge on any atom is -0.257 e. The molecule has 0 saturated heterocycles. The van der Waals surface area contributed by atoms with Crippen molar-refractivity contribution in [3.05, 3.63) is 28.3 Å². The van der Waals surface area contributed by atoms with Gasteiger partial charge in [-0.25, -0.2) is 4.68 Å². The lowest BCUT2D eigenvalue weighted by Gasteiger charge is -2.04. The largest absolute Gasteiger partial charge is 0.257 e. The minimum atomic E-state index is 0.589. The normalized spacial score (nSPS) is 11.2. The van der Waals surface area contributed by atoms with Crippen molar-refractivity contribution in [2.24, 2.45) is 0 Å². The summed E-state index contributed by atoms with van der Waals surface area (Å²) in [6, 6.07) is 0. The Bertz CT molecular complexity index is 699. The van der Waals surface area contributed by atoms with E-state index in [1.807, 2.05) is 13.8 Å². The van der Waals surface area contributed by atoms with Gasteiger partial charge in [-0.2, -0.15) is 9.61 Å². The second kappa shape index (κ2) is 3.59. The van der Waals surface area contributed by atoms with E-state index in [1.54, 1.807) is 21.6 Å². The standard InChI is InChI=1S/C9H8BrN7/c1-5-9(10)6(2)16(13-5)8-4-11-3-7-12-14-15-17(7)8/h3-4H,1-2H3. The average molecular weight is 294 g/mol. The van der Waals surface area contributed by atoms with E-state index in [9.17, 15) is 0 Å². The Kier molecular flexibility index (Phi) is 2.18. The first-order valence-electron chi connectivity index (χ1n) is 4.92. The molecule has 0 fully saturated rings.